The molecule has 0 aromatic heterocycles. The lowest BCUT2D eigenvalue weighted by atomic mass is 9.97. The highest BCUT2D eigenvalue weighted by molar-refractivity contribution is 5.57. The molecule has 0 spiro atoms. The fourth-order valence-electron chi connectivity index (χ4n) is 2.76. The third kappa shape index (κ3) is 3.48. The molecule has 0 bridgehead atoms. The standard InChI is InChI=1S/C16H26N2O/c1-13(17-2)14-7-8-16-15(12-14)6-4-9-18(16)10-5-11-19-3/h7-8,12-13,17H,4-6,9-11H2,1-3H3. The predicted octanol–water partition coefficient (Wildman–Crippen LogP) is 2.76. The SMILES string of the molecule is CNC(C)c1ccc2c(c1)CCCN2CCCOC. The van der Waals surface area contributed by atoms with Gasteiger partial charge in [-0.3, -0.25) is 0 Å². The van der Waals surface area contributed by atoms with Crippen molar-refractivity contribution in [1.29, 1.82) is 0 Å². The molecule has 0 radical (unpaired) electrons. The Bertz CT molecular complexity index is 406. The molecular formula is C16H26N2O. The van der Waals surface area contributed by atoms with Gasteiger partial charge in [-0.25, -0.2) is 0 Å². The second-order valence-corrected chi connectivity index (χ2v) is 5.34. The Hall–Kier alpha value is -1.06. The fraction of sp³-hybridized carbons (Fsp3) is 0.625. The van der Waals surface area contributed by atoms with E-state index in [0.29, 0.717) is 6.04 Å². The molecule has 3 nitrogen and oxygen atoms in total. The third-order valence-corrected chi connectivity index (χ3v) is 4.03. The van der Waals surface area contributed by atoms with Crippen molar-refractivity contribution in [1.82, 2.24) is 5.32 Å². The molecule has 0 saturated carbocycles. The van der Waals surface area contributed by atoms with Gasteiger partial charge in [0.25, 0.3) is 0 Å². The molecule has 19 heavy (non-hydrogen) atoms. The number of aryl methyl sites for hydroxylation is 1. The zero-order valence-corrected chi connectivity index (χ0v) is 12.4. The molecule has 1 aromatic carbocycles. The van der Waals surface area contributed by atoms with Crippen LogP contribution in [0.3, 0.4) is 0 Å². The summed E-state index contributed by atoms with van der Waals surface area (Å²) < 4.78 is 5.15. The normalized spacial score (nSPS) is 16.3. The topological polar surface area (TPSA) is 24.5 Å². The molecule has 1 N–H and O–H groups in total. The second kappa shape index (κ2) is 6.92. The van der Waals surface area contributed by atoms with Gasteiger partial charge in [0.15, 0.2) is 0 Å². The number of nitrogens with one attached hydrogen (secondary N) is 1. The molecule has 0 amide bonds. The van der Waals surface area contributed by atoms with Crippen molar-refractivity contribution < 1.29 is 4.74 Å². The van der Waals surface area contributed by atoms with E-state index in [2.05, 4.69) is 35.3 Å². The van der Waals surface area contributed by atoms with Gasteiger partial charge in [0, 0.05) is 38.5 Å². The quantitative estimate of drug-likeness (QED) is 0.798. The Morgan fingerprint density at radius 2 is 2.26 bits per heavy atom. The van der Waals surface area contributed by atoms with E-state index < -0.39 is 0 Å². The van der Waals surface area contributed by atoms with Crippen LogP contribution in [0.15, 0.2) is 18.2 Å². The highest BCUT2D eigenvalue weighted by atomic mass is 16.5. The number of nitrogens with zero attached hydrogens (tertiary/aromatic N) is 1. The molecule has 1 unspecified atom stereocenters. The highest BCUT2D eigenvalue weighted by Gasteiger charge is 2.17. The monoisotopic (exact) mass is 262 g/mol. The lowest BCUT2D eigenvalue weighted by Gasteiger charge is -2.32. The average Bonchev–Trinajstić information content (AvgIpc) is 2.46. The van der Waals surface area contributed by atoms with E-state index in [0.717, 1.165) is 19.6 Å². The van der Waals surface area contributed by atoms with E-state index >= 15 is 0 Å². The first kappa shape index (κ1) is 14.4. The van der Waals surface area contributed by atoms with Crippen LogP contribution in [0.2, 0.25) is 0 Å². The van der Waals surface area contributed by atoms with E-state index in [9.17, 15) is 0 Å². The van der Waals surface area contributed by atoms with Crippen LogP contribution in [0.4, 0.5) is 5.69 Å². The molecule has 3 heteroatoms. The van der Waals surface area contributed by atoms with Gasteiger partial charge in [0.2, 0.25) is 0 Å². The zero-order valence-electron chi connectivity index (χ0n) is 12.4. The van der Waals surface area contributed by atoms with Crippen LogP contribution in [0.25, 0.3) is 0 Å². The van der Waals surface area contributed by atoms with Gasteiger partial charge in [-0.05, 0) is 50.4 Å². The van der Waals surface area contributed by atoms with Gasteiger partial charge in [0.1, 0.15) is 0 Å². The fourth-order valence-corrected chi connectivity index (χ4v) is 2.76. The summed E-state index contributed by atoms with van der Waals surface area (Å²) in [6, 6.07) is 7.35. The van der Waals surface area contributed by atoms with Crippen LogP contribution in [-0.2, 0) is 11.2 Å². The first-order valence-electron chi connectivity index (χ1n) is 7.30. The van der Waals surface area contributed by atoms with Crippen molar-refractivity contribution in [3.05, 3.63) is 29.3 Å². The van der Waals surface area contributed by atoms with E-state index in [-0.39, 0.29) is 0 Å². The maximum absolute atomic E-state index is 5.15. The van der Waals surface area contributed by atoms with Crippen LogP contribution in [0.1, 0.15) is 36.9 Å². The molecule has 106 valence electrons. The van der Waals surface area contributed by atoms with Crippen molar-refractivity contribution >= 4 is 5.69 Å². The van der Waals surface area contributed by atoms with Crippen molar-refractivity contribution in [2.24, 2.45) is 0 Å². The predicted molar refractivity (Wildman–Crippen MR) is 80.9 cm³/mol. The van der Waals surface area contributed by atoms with E-state index in [4.69, 9.17) is 4.74 Å². The Morgan fingerprint density at radius 3 is 3.00 bits per heavy atom. The number of rotatable bonds is 6. The Labute approximate surface area is 116 Å². The molecule has 1 aliphatic heterocycles. The maximum Gasteiger partial charge on any atom is 0.0479 e. The summed E-state index contributed by atoms with van der Waals surface area (Å²) in [4.78, 5) is 2.51. The summed E-state index contributed by atoms with van der Waals surface area (Å²) in [5.41, 5.74) is 4.32. The minimum Gasteiger partial charge on any atom is -0.385 e. The van der Waals surface area contributed by atoms with E-state index in [1.165, 1.54) is 36.2 Å². The molecule has 0 aliphatic carbocycles. The summed E-state index contributed by atoms with van der Waals surface area (Å²) in [7, 11) is 3.79. The van der Waals surface area contributed by atoms with Crippen LogP contribution in [0.5, 0.6) is 0 Å². The summed E-state index contributed by atoms with van der Waals surface area (Å²) >= 11 is 0. The third-order valence-electron chi connectivity index (χ3n) is 4.03. The number of hydrogen-bond donors (Lipinski definition) is 1. The van der Waals surface area contributed by atoms with Crippen molar-refractivity contribution in [3.63, 3.8) is 0 Å². The molecule has 1 atom stereocenters. The smallest absolute Gasteiger partial charge is 0.0479 e. The van der Waals surface area contributed by atoms with Crippen LogP contribution in [0, 0.1) is 0 Å². The van der Waals surface area contributed by atoms with Gasteiger partial charge in [-0.1, -0.05) is 12.1 Å². The highest BCUT2D eigenvalue weighted by Crippen LogP contribution is 2.29. The van der Waals surface area contributed by atoms with E-state index in [1.807, 2.05) is 7.05 Å². The van der Waals surface area contributed by atoms with Gasteiger partial charge in [-0.15, -0.1) is 0 Å². The largest absolute Gasteiger partial charge is 0.385 e. The van der Waals surface area contributed by atoms with E-state index in [1.54, 1.807) is 7.11 Å². The Kier molecular flexibility index (Phi) is 5.23. The summed E-state index contributed by atoms with van der Waals surface area (Å²) in [6.07, 6.45) is 3.57. The molecule has 1 heterocycles. The molecule has 2 rings (SSSR count). The number of methoxy groups -OCH3 is 1. The summed E-state index contributed by atoms with van der Waals surface area (Å²) in [5.74, 6) is 0. The minimum atomic E-state index is 0.425. The van der Waals surface area contributed by atoms with Gasteiger partial charge < -0.3 is 15.0 Å². The number of benzene rings is 1. The first-order chi connectivity index (χ1) is 9.26. The number of anilines is 1. The lowest BCUT2D eigenvalue weighted by Crippen LogP contribution is -2.31. The number of fused-ring (bicyclic) bond motifs is 1. The van der Waals surface area contributed by atoms with Gasteiger partial charge in [0.05, 0.1) is 0 Å². The van der Waals surface area contributed by atoms with Crippen molar-refractivity contribution in [2.45, 2.75) is 32.2 Å². The second-order valence-electron chi connectivity index (χ2n) is 5.34. The number of ether oxygens (including phenoxy) is 1. The van der Waals surface area contributed by atoms with Gasteiger partial charge in [-0.2, -0.15) is 0 Å². The molecule has 0 saturated heterocycles. The average molecular weight is 262 g/mol. The summed E-state index contributed by atoms with van der Waals surface area (Å²) in [6.45, 7) is 5.33. The van der Waals surface area contributed by atoms with Crippen LogP contribution in [-0.4, -0.2) is 33.9 Å². The minimum absolute atomic E-state index is 0.425. The molecular weight excluding hydrogens is 236 g/mol. The van der Waals surface area contributed by atoms with Crippen molar-refractivity contribution in [2.75, 3.05) is 38.8 Å². The van der Waals surface area contributed by atoms with Crippen LogP contribution >= 0.6 is 0 Å². The zero-order chi connectivity index (χ0) is 13.7. The molecule has 0 fully saturated rings. The lowest BCUT2D eigenvalue weighted by molar-refractivity contribution is 0.196. The molecule has 1 aromatic rings. The van der Waals surface area contributed by atoms with Crippen molar-refractivity contribution in [3.8, 4) is 0 Å². The Balaban J connectivity index is 2.11. The maximum atomic E-state index is 5.15. The molecule has 1 aliphatic rings. The Morgan fingerprint density at radius 1 is 1.42 bits per heavy atom. The van der Waals surface area contributed by atoms with Gasteiger partial charge >= 0.3 is 0 Å². The van der Waals surface area contributed by atoms with Crippen LogP contribution < -0.4 is 10.2 Å². The summed E-state index contributed by atoms with van der Waals surface area (Å²) in [5, 5.41) is 3.31. The number of hydrogen-bond acceptors (Lipinski definition) is 3. The first-order valence-corrected chi connectivity index (χ1v) is 7.30.